The molecule has 0 saturated carbocycles. The fraction of sp³-hybridized carbons (Fsp3) is 0.746. The van der Waals surface area contributed by atoms with E-state index < -0.39 is 67.3 Å². The third kappa shape index (κ3) is 41.0. The Morgan fingerprint density at radius 1 is 0.453 bits per heavy atom. The van der Waals surface area contributed by atoms with E-state index in [1.54, 1.807) is 0 Å². The predicted molar refractivity (Wildman–Crippen MR) is 303 cm³/mol. The van der Waals surface area contributed by atoms with Gasteiger partial charge in [-0.3, -0.25) is 14.4 Å². The van der Waals surface area contributed by atoms with Crippen LogP contribution in [0.4, 0.5) is 0 Å². The average molecular weight is 1060 g/mol. The van der Waals surface area contributed by atoms with Crippen molar-refractivity contribution < 1.29 is 58.2 Å². The number of allylic oxidation sites excluding steroid dienone is 12. The van der Waals surface area contributed by atoms with Crippen molar-refractivity contribution in [3.63, 3.8) is 0 Å². The van der Waals surface area contributed by atoms with E-state index in [1.807, 2.05) is 0 Å². The van der Waals surface area contributed by atoms with Crippen LogP contribution in [0.3, 0.4) is 0 Å². The molecule has 1 aliphatic rings. The number of carbonyl (C=O) groups excluding carboxylic acids is 3. The number of aliphatic hydroxyl groups is 2. The molecule has 0 bridgehead atoms. The molecule has 12 nitrogen and oxygen atoms in total. The van der Waals surface area contributed by atoms with Gasteiger partial charge in [0.1, 0.15) is 18.8 Å². The molecule has 0 aromatic rings. The lowest BCUT2D eigenvalue weighted by Gasteiger charge is -2.40. The van der Waals surface area contributed by atoms with Crippen molar-refractivity contribution in [3.8, 4) is 0 Å². The number of carboxylic acid groups (broad SMARTS) is 1. The number of hydrogen-bond acceptors (Lipinski definition) is 11. The molecular formula is C63H106O12. The molecule has 0 radical (unpaired) electrons. The largest absolute Gasteiger partial charge is 0.479 e. The summed E-state index contributed by atoms with van der Waals surface area (Å²) in [4.78, 5) is 51.1. The number of rotatable bonds is 50. The van der Waals surface area contributed by atoms with Gasteiger partial charge in [0.2, 0.25) is 0 Å². The molecule has 0 spiro atoms. The SMILES string of the molecule is CC/C=C\C/C=C\C/C=C\CCCCCCCC(=O)OC(COC(=O)CCCCCCCC/C=C\C/C=C\C/C=C\CCCCC)COC1OC(C(=O)O)C(O)C(O)C1OC(=O)CCCCCCCCCCCCC. The Bertz CT molecular complexity index is 1580. The molecule has 6 unspecified atom stereocenters. The minimum Gasteiger partial charge on any atom is -0.479 e. The monoisotopic (exact) mass is 1050 g/mol. The van der Waals surface area contributed by atoms with Crippen molar-refractivity contribution in [2.75, 3.05) is 13.2 Å². The number of aliphatic carboxylic acids is 1. The minimum absolute atomic E-state index is 0.0575. The van der Waals surface area contributed by atoms with Gasteiger partial charge in [0, 0.05) is 19.3 Å². The molecule has 0 aromatic heterocycles. The maximum Gasteiger partial charge on any atom is 0.335 e. The zero-order chi connectivity index (χ0) is 54.7. The van der Waals surface area contributed by atoms with Crippen LogP contribution in [0.1, 0.15) is 252 Å². The molecule has 12 heteroatoms. The standard InChI is InChI=1S/C63H106O12/c1-4-7-10-13-16-19-22-24-26-27-28-29-31-32-35-37-40-43-46-49-55(64)71-52-54(73-56(65)50-47-44-41-39-36-33-30-25-23-20-17-14-11-8-5-2)53-72-63-61(59(68)58(67)60(75-63)62(69)70)74-57(66)51-48-45-42-38-34-21-18-15-12-9-6-3/h8,11,16-17,19-20,24-26,28-30,54,58-61,63,67-68H,4-7,9-10,12-15,18,21-23,27,31-53H2,1-3H3,(H,69,70)/b11-8-,19-16-,20-17-,26-24-,29-28-,30-25-. The van der Waals surface area contributed by atoms with Crippen LogP contribution in [0.2, 0.25) is 0 Å². The Labute approximate surface area is 455 Å². The van der Waals surface area contributed by atoms with E-state index in [0.717, 1.165) is 128 Å². The van der Waals surface area contributed by atoms with Gasteiger partial charge in [-0.05, 0) is 89.9 Å². The van der Waals surface area contributed by atoms with Gasteiger partial charge in [-0.1, -0.05) is 216 Å². The fourth-order valence-electron chi connectivity index (χ4n) is 8.68. The number of ether oxygens (including phenoxy) is 5. The summed E-state index contributed by atoms with van der Waals surface area (Å²) in [7, 11) is 0. The molecule has 430 valence electrons. The molecule has 75 heavy (non-hydrogen) atoms. The first-order chi connectivity index (χ1) is 36.6. The molecule has 0 aliphatic carbocycles. The van der Waals surface area contributed by atoms with Crippen LogP contribution in [-0.2, 0) is 42.9 Å². The lowest BCUT2D eigenvalue weighted by Crippen LogP contribution is -2.61. The third-order valence-electron chi connectivity index (χ3n) is 13.3. The van der Waals surface area contributed by atoms with Gasteiger partial charge in [0.15, 0.2) is 24.6 Å². The number of hydrogen-bond donors (Lipinski definition) is 3. The van der Waals surface area contributed by atoms with Gasteiger partial charge in [-0.2, -0.15) is 0 Å². The van der Waals surface area contributed by atoms with E-state index in [0.29, 0.717) is 19.3 Å². The van der Waals surface area contributed by atoms with Crippen molar-refractivity contribution >= 4 is 23.9 Å². The third-order valence-corrected chi connectivity index (χ3v) is 13.3. The predicted octanol–water partition coefficient (Wildman–Crippen LogP) is 15.3. The van der Waals surface area contributed by atoms with Crippen molar-refractivity contribution in [1.29, 1.82) is 0 Å². The highest BCUT2D eigenvalue weighted by Crippen LogP contribution is 2.26. The van der Waals surface area contributed by atoms with Gasteiger partial charge in [-0.15, -0.1) is 0 Å². The minimum atomic E-state index is -1.91. The molecule has 3 N–H and O–H groups in total. The highest BCUT2D eigenvalue weighted by atomic mass is 16.7. The zero-order valence-electron chi connectivity index (χ0n) is 47.3. The van der Waals surface area contributed by atoms with Crippen LogP contribution in [-0.4, -0.2) is 89.2 Å². The summed E-state index contributed by atoms with van der Waals surface area (Å²) in [5.41, 5.74) is 0. The molecule has 1 rings (SSSR count). The summed E-state index contributed by atoms with van der Waals surface area (Å²) in [6, 6.07) is 0. The van der Waals surface area contributed by atoms with Gasteiger partial charge in [0.25, 0.3) is 0 Å². The average Bonchev–Trinajstić information content (AvgIpc) is 3.39. The summed E-state index contributed by atoms with van der Waals surface area (Å²) < 4.78 is 28.4. The van der Waals surface area contributed by atoms with E-state index in [4.69, 9.17) is 23.7 Å². The van der Waals surface area contributed by atoms with Crippen molar-refractivity contribution in [2.45, 2.75) is 289 Å². The Balaban J connectivity index is 2.69. The highest BCUT2D eigenvalue weighted by Gasteiger charge is 2.50. The number of aliphatic hydroxyl groups excluding tert-OH is 2. The molecule has 0 aromatic carbocycles. The maximum atomic E-state index is 13.1. The first kappa shape index (κ1) is 69.2. The molecule has 0 amide bonds. The maximum absolute atomic E-state index is 13.1. The number of carbonyl (C=O) groups is 4. The Kier molecular flexibility index (Phi) is 47.0. The number of esters is 3. The van der Waals surface area contributed by atoms with E-state index in [1.165, 1.54) is 64.2 Å². The van der Waals surface area contributed by atoms with Crippen molar-refractivity contribution in [2.24, 2.45) is 0 Å². The Hall–Kier alpha value is -3.84. The summed E-state index contributed by atoms with van der Waals surface area (Å²) in [6.07, 6.45) is 51.6. The number of carboxylic acids is 1. The summed E-state index contributed by atoms with van der Waals surface area (Å²) >= 11 is 0. The van der Waals surface area contributed by atoms with Gasteiger partial charge in [0.05, 0.1) is 6.61 Å². The lowest BCUT2D eigenvalue weighted by molar-refractivity contribution is -0.301. The number of unbranched alkanes of at least 4 members (excludes halogenated alkanes) is 24. The van der Waals surface area contributed by atoms with Crippen LogP contribution >= 0.6 is 0 Å². The summed E-state index contributed by atoms with van der Waals surface area (Å²) in [5.74, 6) is -3.15. The molecule has 1 aliphatic heterocycles. The smallest absolute Gasteiger partial charge is 0.335 e. The Morgan fingerprint density at radius 2 is 0.840 bits per heavy atom. The lowest BCUT2D eigenvalue weighted by atomic mass is 9.98. The molecule has 1 heterocycles. The van der Waals surface area contributed by atoms with Gasteiger partial charge < -0.3 is 39.0 Å². The highest BCUT2D eigenvalue weighted by molar-refractivity contribution is 5.74. The first-order valence-electron chi connectivity index (χ1n) is 29.9. The van der Waals surface area contributed by atoms with Crippen LogP contribution < -0.4 is 0 Å². The molecule has 1 fully saturated rings. The summed E-state index contributed by atoms with van der Waals surface area (Å²) in [5, 5.41) is 31.4. The van der Waals surface area contributed by atoms with E-state index in [2.05, 4.69) is 93.7 Å². The molecule has 6 atom stereocenters. The van der Waals surface area contributed by atoms with Gasteiger partial charge in [-0.25, -0.2) is 4.79 Å². The van der Waals surface area contributed by atoms with Crippen LogP contribution in [0.25, 0.3) is 0 Å². The van der Waals surface area contributed by atoms with E-state index in [-0.39, 0.29) is 25.9 Å². The Morgan fingerprint density at radius 3 is 1.31 bits per heavy atom. The summed E-state index contributed by atoms with van der Waals surface area (Å²) in [6.45, 7) is 5.82. The van der Waals surface area contributed by atoms with Crippen LogP contribution in [0.15, 0.2) is 72.9 Å². The van der Waals surface area contributed by atoms with Crippen molar-refractivity contribution in [3.05, 3.63) is 72.9 Å². The second-order valence-corrected chi connectivity index (χ2v) is 20.3. The van der Waals surface area contributed by atoms with Crippen molar-refractivity contribution in [1.82, 2.24) is 0 Å². The van der Waals surface area contributed by atoms with E-state index >= 15 is 0 Å². The normalized spacial score (nSPS) is 18.7. The molecular weight excluding hydrogens is 949 g/mol. The second-order valence-electron chi connectivity index (χ2n) is 20.3. The van der Waals surface area contributed by atoms with Crippen LogP contribution in [0, 0.1) is 0 Å². The van der Waals surface area contributed by atoms with Crippen LogP contribution in [0.5, 0.6) is 0 Å². The second kappa shape index (κ2) is 50.9. The van der Waals surface area contributed by atoms with E-state index in [9.17, 15) is 34.5 Å². The topological polar surface area (TPSA) is 175 Å². The van der Waals surface area contributed by atoms with Gasteiger partial charge >= 0.3 is 23.9 Å². The quantitative estimate of drug-likeness (QED) is 0.0228. The first-order valence-corrected chi connectivity index (χ1v) is 29.9. The zero-order valence-corrected chi connectivity index (χ0v) is 47.3. The molecule has 1 saturated heterocycles. The fourth-order valence-corrected chi connectivity index (χ4v) is 8.68.